The van der Waals surface area contributed by atoms with Gasteiger partial charge in [0.1, 0.15) is 0 Å². The van der Waals surface area contributed by atoms with Crippen LogP contribution in [0.1, 0.15) is 38.3 Å². The second-order valence-electron chi connectivity index (χ2n) is 6.38. The average Bonchev–Trinajstić information content (AvgIpc) is 2.53. The first-order chi connectivity index (χ1) is 10.3. The Morgan fingerprint density at radius 2 is 2.24 bits per heavy atom. The summed E-state index contributed by atoms with van der Waals surface area (Å²) in [6.45, 7) is 9.17. The van der Waals surface area contributed by atoms with E-state index in [1.807, 2.05) is 6.20 Å². The Balaban J connectivity index is 1.56. The van der Waals surface area contributed by atoms with Gasteiger partial charge in [-0.05, 0) is 37.9 Å². The molecule has 3 rings (SSSR count). The number of piperazine rings is 1. The standard InChI is InChI=1S/C17H28N4/c1-2-7-18-15-6-8-19-16(12-15)13-20-10-11-21-9-4-3-5-17(21)14-20/h6,8,12,17H,2-5,7,9-11,13-14H2,1H3,(H,18,19). The van der Waals surface area contributed by atoms with Crippen molar-refractivity contribution in [3.8, 4) is 0 Å². The van der Waals surface area contributed by atoms with E-state index in [2.05, 4.69) is 39.2 Å². The highest BCUT2D eigenvalue weighted by molar-refractivity contribution is 5.43. The Morgan fingerprint density at radius 3 is 3.14 bits per heavy atom. The van der Waals surface area contributed by atoms with Crippen LogP contribution < -0.4 is 5.32 Å². The van der Waals surface area contributed by atoms with E-state index in [-0.39, 0.29) is 0 Å². The molecule has 21 heavy (non-hydrogen) atoms. The molecule has 2 saturated heterocycles. The van der Waals surface area contributed by atoms with Crippen LogP contribution in [0.3, 0.4) is 0 Å². The minimum Gasteiger partial charge on any atom is -0.385 e. The lowest BCUT2D eigenvalue weighted by Gasteiger charge is -2.44. The number of hydrogen-bond donors (Lipinski definition) is 1. The third-order valence-electron chi connectivity index (χ3n) is 4.70. The van der Waals surface area contributed by atoms with Crippen LogP contribution in [0.25, 0.3) is 0 Å². The summed E-state index contributed by atoms with van der Waals surface area (Å²) in [7, 11) is 0. The molecule has 0 aliphatic carbocycles. The summed E-state index contributed by atoms with van der Waals surface area (Å²) in [5, 5.41) is 3.45. The molecule has 1 aromatic heterocycles. The number of anilines is 1. The van der Waals surface area contributed by atoms with Crippen LogP contribution >= 0.6 is 0 Å². The molecule has 0 amide bonds. The molecule has 2 fully saturated rings. The molecule has 1 atom stereocenters. The molecule has 0 bridgehead atoms. The number of fused-ring (bicyclic) bond motifs is 1. The van der Waals surface area contributed by atoms with Crippen molar-refractivity contribution in [2.75, 3.05) is 38.0 Å². The zero-order chi connectivity index (χ0) is 14.5. The quantitative estimate of drug-likeness (QED) is 0.902. The molecule has 0 radical (unpaired) electrons. The summed E-state index contributed by atoms with van der Waals surface area (Å²) in [6.07, 6.45) is 7.26. The number of pyridine rings is 1. The van der Waals surface area contributed by atoms with Gasteiger partial charge in [-0.15, -0.1) is 0 Å². The van der Waals surface area contributed by atoms with Crippen molar-refractivity contribution in [1.82, 2.24) is 14.8 Å². The van der Waals surface area contributed by atoms with Gasteiger partial charge in [-0.2, -0.15) is 0 Å². The van der Waals surface area contributed by atoms with Crippen LogP contribution in [-0.4, -0.2) is 53.5 Å². The Bertz CT molecular complexity index is 448. The monoisotopic (exact) mass is 288 g/mol. The Kier molecular flexibility index (Phi) is 5.09. The third kappa shape index (κ3) is 3.95. The predicted molar refractivity (Wildman–Crippen MR) is 87.5 cm³/mol. The van der Waals surface area contributed by atoms with Crippen LogP contribution in [0.2, 0.25) is 0 Å². The minimum absolute atomic E-state index is 0.786. The Hall–Kier alpha value is -1.13. The zero-order valence-corrected chi connectivity index (χ0v) is 13.2. The van der Waals surface area contributed by atoms with Gasteiger partial charge in [0.2, 0.25) is 0 Å². The van der Waals surface area contributed by atoms with Gasteiger partial charge in [0.05, 0.1) is 5.69 Å². The first-order valence-electron chi connectivity index (χ1n) is 8.50. The normalized spacial score (nSPS) is 23.8. The fourth-order valence-electron chi connectivity index (χ4n) is 3.54. The molecule has 116 valence electrons. The predicted octanol–water partition coefficient (Wildman–Crippen LogP) is 2.57. The molecule has 4 nitrogen and oxygen atoms in total. The van der Waals surface area contributed by atoms with Gasteiger partial charge in [0.25, 0.3) is 0 Å². The molecule has 4 heteroatoms. The van der Waals surface area contributed by atoms with Crippen molar-refractivity contribution in [2.24, 2.45) is 0 Å². The molecular weight excluding hydrogens is 260 g/mol. The van der Waals surface area contributed by atoms with Gasteiger partial charge >= 0.3 is 0 Å². The lowest BCUT2D eigenvalue weighted by Crippen LogP contribution is -2.54. The number of hydrogen-bond acceptors (Lipinski definition) is 4. The maximum Gasteiger partial charge on any atom is 0.0564 e. The van der Waals surface area contributed by atoms with Crippen LogP contribution in [0, 0.1) is 0 Å². The second kappa shape index (κ2) is 7.23. The summed E-state index contributed by atoms with van der Waals surface area (Å²) in [6, 6.07) is 5.06. The van der Waals surface area contributed by atoms with Crippen LogP contribution in [-0.2, 0) is 6.54 Å². The molecule has 0 spiro atoms. The van der Waals surface area contributed by atoms with Crippen molar-refractivity contribution < 1.29 is 0 Å². The molecule has 0 aromatic carbocycles. The summed E-state index contributed by atoms with van der Waals surface area (Å²) in [5.41, 5.74) is 2.40. The smallest absolute Gasteiger partial charge is 0.0564 e. The van der Waals surface area contributed by atoms with Gasteiger partial charge in [0, 0.05) is 50.6 Å². The molecule has 2 aliphatic rings. The van der Waals surface area contributed by atoms with Gasteiger partial charge < -0.3 is 5.32 Å². The summed E-state index contributed by atoms with van der Waals surface area (Å²) < 4.78 is 0. The third-order valence-corrected chi connectivity index (χ3v) is 4.70. The number of piperidine rings is 1. The fraction of sp³-hybridized carbons (Fsp3) is 0.706. The lowest BCUT2D eigenvalue weighted by molar-refractivity contribution is 0.0451. The van der Waals surface area contributed by atoms with E-state index >= 15 is 0 Å². The Labute approximate surface area is 128 Å². The van der Waals surface area contributed by atoms with Gasteiger partial charge in [0.15, 0.2) is 0 Å². The van der Waals surface area contributed by atoms with Crippen LogP contribution in [0.15, 0.2) is 18.3 Å². The first-order valence-corrected chi connectivity index (χ1v) is 8.50. The lowest BCUT2D eigenvalue weighted by atomic mass is 9.99. The van der Waals surface area contributed by atoms with E-state index < -0.39 is 0 Å². The minimum atomic E-state index is 0.786. The van der Waals surface area contributed by atoms with E-state index in [1.165, 1.54) is 56.8 Å². The van der Waals surface area contributed by atoms with Gasteiger partial charge in [-0.1, -0.05) is 13.3 Å². The molecule has 1 N–H and O–H groups in total. The van der Waals surface area contributed by atoms with Crippen LogP contribution in [0.5, 0.6) is 0 Å². The van der Waals surface area contributed by atoms with Crippen molar-refractivity contribution in [1.29, 1.82) is 0 Å². The maximum atomic E-state index is 4.55. The van der Waals surface area contributed by atoms with E-state index in [1.54, 1.807) is 0 Å². The van der Waals surface area contributed by atoms with Crippen molar-refractivity contribution in [3.05, 3.63) is 24.0 Å². The van der Waals surface area contributed by atoms with Crippen molar-refractivity contribution in [2.45, 2.75) is 45.2 Å². The molecule has 3 heterocycles. The second-order valence-corrected chi connectivity index (χ2v) is 6.38. The maximum absolute atomic E-state index is 4.55. The highest BCUT2D eigenvalue weighted by atomic mass is 15.3. The van der Waals surface area contributed by atoms with E-state index in [4.69, 9.17) is 0 Å². The summed E-state index contributed by atoms with van der Waals surface area (Å²) in [5.74, 6) is 0. The van der Waals surface area contributed by atoms with Gasteiger partial charge in [-0.25, -0.2) is 0 Å². The number of aromatic nitrogens is 1. The van der Waals surface area contributed by atoms with E-state index in [0.29, 0.717) is 0 Å². The van der Waals surface area contributed by atoms with Gasteiger partial charge in [-0.3, -0.25) is 14.8 Å². The molecule has 1 unspecified atom stereocenters. The Morgan fingerprint density at radius 1 is 1.29 bits per heavy atom. The van der Waals surface area contributed by atoms with Crippen LogP contribution in [0.4, 0.5) is 5.69 Å². The molecule has 1 aromatic rings. The molecule has 0 saturated carbocycles. The topological polar surface area (TPSA) is 31.4 Å². The highest BCUT2D eigenvalue weighted by Crippen LogP contribution is 2.22. The van der Waals surface area contributed by atoms with Crippen molar-refractivity contribution in [3.63, 3.8) is 0 Å². The average molecular weight is 288 g/mol. The number of rotatable bonds is 5. The zero-order valence-electron chi connectivity index (χ0n) is 13.2. The van der Waals surface area contributed by atoms with Crippen molar-refractivity contribution >= 4 is 5.69 Å². The molecule has 2 aliphatic heterocycles. The summed E-state index contributed by atoms with van der Waals surface area (Å²) in [4.78, 5) is 9.82. The highest BCUT2D eigenvalue weighted by Gasteiger charge is 2.28. The molecular formula is C17H28N4. The summed E-state index contributed by atoms with van der Waals surface area (Å²) >= 11 is 0. The largest absolute Gasteiger partial charge is 0.385 e. The van der Waals surface area contributed by atoms with E-state index in [0.717, 1.165) is 25.6 Å². The fourth-order valence-corrected chi connectivity index (χ4v) is 3.54. The SMILES string of the molecule is CCCNc1ccnc(CN2CCN3CCCCC3C2)c1. The number of nitrogens with zero attached hydrogens (tertiary/aromatic N) is 3. The first kappa shape index (κ1) is 14.8. The van der Waals surface area contributed by atoms with E-state index in [9.17, 15) is 0 Å². The number of nitrogens with one attached hydrogen (secondary N) is 1.